The average molecular weight is 474 g/mol. The van der Waals surface area contributed by atoms with Crippen molar-refractivity contribution in [3.8, 4) is 5.75 Å². The molecule has 2 atom stereocenters. The second kappa shape index (κ2) is 12.2. The summed E-state index contributed by atoms with van der Waals surface area (Å²) in [6.45, 7) is 17.6. The second-order valence-corrected chi connectivity index (χ2v) is 10.5. The highest BCUT2D eigenvalue weighted by atomic mass is 16.5. The minimum atomic E-state index is -0.585. The highest BCUT2D eigenvalue weighted by molar-refractivity contribution is 5.82. The lowest BCUT2D eigenvalue weighted by atomic mass is 9.96. The molecule has 2 unspecified atom stereocenters. The molecule has 6 heteroatoms. The van der Waals surface area contributed by atoms with E-state index >= 15 is 0 Å². The standard InChI is InChI=1S/C22H31N3O3.2C3H8/c1-21(2)11-16(22(3,4)25(21)27)12-23-13-18(26)19-6-5-15-9-17-14(7-8-24-17)10-20(15)28-19;2*1-3-2/h7-11,18-19,23-24,26-27H,5-6,12-13H2,1-4H3;2*3H2,1-2H3. The van der Waals surface area contributed by atoms with Gasteiger partial charge < -0.3 is 25.4 Å². The molecule has 2 aromatic rings. The number of hydrogen-bond donors (Lipinski definition) is 4. The van der Waals surface area contributed by atoms with Gasteiger partial charge in [-0.2, -0.15) is 5.06 Å². The molecule has 192 valence electrons. The maximum absolute atomic E-state index is 10.7. The molecular weight excluding hydrogens is 426 g/mol. The second-order valence-electron chi connectivity index (χ2n) is 10.5. The maximum atomic E-state index is 10.7. The van der Waals surface area contributed by atoms with Crippen LogP contribution in [0.3, 0.4) is 0 Å². The number of aryl methyl sites for hydroxylation is 1. The summed E-state index contributed by atoms with van der Waals surface area (Å²) in [6, 6.07) is 6.23. The maximum Gasteiger partial charge on any atom is 0.126 e. The number of hydroxylamine groups is 2. The molecule has 34 heavy (non-hydrogen) atoms. The van der Waals surface area contributed by atoms with Crippen LogP contribution < -0.4 is 10.1 Å². The first-order chi connectivity index (χ1) is 16.0. The number of nitrogens with zero attached hydrogens (tertiary/aromatic N) is 1. The van der Waals surface area contributed by atoms with Crippen LogP contribution in [0.15, 0.2) is 36.0 Å². The molecule has 0 amide bonds. The molecule has 0 bridgehead atoms. The SMILES string of the molecule is CC1(C)C=C(CNCC(O)C2CCc3cc4[nH]ccc4cc3O2)C(C)(C)N1O.CCC.CCC. The summed E-state index contributed by atoms with van der Waals surface area (Å²) < 4.78 is 6.12. The van der Waals surface area contributed by atoms with E-state index in [1.165, 1.54) is 23.5 Å². The fourth-order valence-electron chi connectivity index (χ4n) is 4.49. The van der Waals surface area contributed by atoms with Crippen LogP contribution >= 0.6 is 0 Å². The minimum absolute atomic E-state index is 0.215. The highest BCUT2D eigenvalue weighted by Crippen LogP contribution is 2.38. The van der Waals surface area contributed by atoms with Gasteiger partial charge in [0.25, 0.3) is 0 Å². The Balaban J connectivity index is 0.000000618. The van der Waals surface area contributed by atoms with Crippen molar-refractivity contribution in [1.29, 1.82) is 0 Å². The number of benzene rings is 1. The van der Waals surface area contributed by atoms with Crippen molar-refractivity contribution in [2.75, 3.05) is 13.1 Å². The van der Waals surface area contributed by atoms with Crippen molar-refractivity contribution in [2.24, 2.45) is 0 Å². The topological polar surface area (TPSA) is 80.8 Å². The van der Waals surface area contributed by atoms with Crippen molar-refractivity contribution in [2.45, 2.75) is 104 Å². The number of H-pyrrole nitrogens is 1. The molecule has 6 nitrogen and oxygen atoms in total. The van der Waals surface area contributed by atoms with E-state index in [4.69, 9.17) is 4.74 Å². The first kappa shape index (κ1) is 28.4. The van der Waals surface area contributed by atoms with Gasteiger partial charge in [0, 0.05) is 30.2 Å². The minimum Gasteiger partial charge on any atom is -0.487 e. The van der Waals surface area contributed by atoms with Gasteiger partial charge in [-0.15, -0.1) is 0 Å². The van der Waals surface area contributed by atoms with E-state index in [0.29, 0.717) is 13.1 Å². The van der Waals surface area contributed by atoms with Crippen LogP contribution in [0.2, 0.25) is 0 Å². The van der Waals surface area contributed by atoms with Crippen LogP contribution in [0.25, 0.3) is 10.9 Å². The van der Waals surface area contributed by atoms with Crippen molar-refractivity contribution in [1.82, 2.24) is 15.4 Å². The smallest absolute Gasteiger partial charge is 0.126 e. The third-order valence-corrected chi connectivity index (χ3v) is 6.20. The summed E-state index contributed by atoms with van der Waals surface area (Å²) in [4.78, 5) is 3.23. The van der Waals surface area contributed by atoms with Crippen molar-refractivity contribution >= 4 is 10.9 Å². The quantitative estimate of drug-likeness (QED) is 0.411. The summed E-state index contributed by atoms with van der Waals surface area (Å²) in [5.74, 6) is 0.875. The van der Waals surface area contributed by atoms with Gasteiger partial charge in [0.15, 0.2) is 0 Å². The van der Waals surface area contributed by atoms with E-state index in [9.17, 15) is 10.3 Å². The fraction of sp³-hybridized carbons (Fsp3) is 0.643. The van der Waals surface area contributed by atoms with Crippen LogP contribution in [0, 0.1) is 0 Å². The predicted octanol–water partition coefficient (Wildman–Crippen LogP) is 5.83. The fourth-order valence-corrected chi connectivity index (χ4v) is 4.49. The summed E-state index contributed by atoms with van der Waals surface area (Å²) in [7, 11) is 0. The lowest BCUT2D eigenvalue weighted by Gasteiger charge is -2.36. The molecule has 4 N–H and O–H groups in total. The molecule has 0 fully saturated rings. The van der Waals surface area contributed by atoms with Gasteiger partial charge in [-0.05, 0) is 69.9 Å². The molecule has 0 saturated heterocycles. The third kappa shape index (κ3) is 6.63. The number of ether oxygens (including phenoxy) is 1. The number of aliphatic hydroxyl groups excluding tert-OH is 1. The highest BCUT2D eigenvalue weighted by Gasteiger charge is 2.44. The Labute approximate surface area is 206 Å². The number of aromatic nitrogens is 1. The van der Waals surface area contributed by atoms with Crippen LogP contribution in [-0.2, 0) is 6.42 Å². The average Bonchev–Trinajstić information content (AvgIpc) is 3.29. The molecule has 3 heterocycles. The molecule has 0 aliphatic carbocycles. The van der Waals surface area contributed by atoms with Crippen LogP contribution in [-0.4, -0.2) is 56.7 Å². The van der Waals surface area contributed by atoms with Crippen LogP contribution in [0.4, 0.5) is 0 Å². The number of hydrogen-bond acceptors (Lipinski definition) is 5. The zero-order valence-electron chi connectivity index (χ0n) is 22.5. The van der Waals surface area contributed by atoms with E-state index in [0.717, 1.165) is 35.1 Å². The number of nitrogens with one attached hydrogen (secondary N) is 2. The van der Waals surface area contributed by atoms with Gasteiger partial charge in [0.05, 0.1) is 11.1 Å². The predicted molar refractivity (Wildman–Crippen MR) is 142 cm³/mol. The van der Waals surface area contributed by atoms with Crippen LogP contribution in [0.5, 0.6) is 5.75 Å². The molecule has 2 aliphatic heterocycles. The van der Waals surface area contributed by atoms with Gasteiger partial charge in [0.2, 0.25) is 0 Å². The lowest BCUT2D eigenvalue weighted by molar-refractivity contribution is -0.185. The number of aromatic amines is 1. The van der Waals surface area contributed by atoms with Crippen molar-refractivity contribution < 1.29 is 15.1 Å². The molecule has 0 saturated carbocycles. The number of aliphatic hydroxyl groups is 1. The van der Waals surface area contributed by atoms with Crippen molar-refractivity contribution in [3.63, 3.8) is 0 Å². The zero-order valence-corrected chi connectivity index (χ0v) is 22.5. The Morgan fingerprint density at radius 3 is 2.38 bits per heavy atom. The monoisotopic (exact) mass is 473 g/mol. The van der Waals surface area contributed by atoms with E-state index in [1.807, 2.05) is 40.0 Å². The molecule has 4 rings (SSSR count). The molecular formula is C28H47N3O3. The lowest BCUT2D eigenvalue weighted by Crippen LogP contribution is -2.49. The largest absolute Gasteiger partial charge is 0.487 e. The Hall–Kier alpha value is -1.86. The van der Waals surface area contributed by atoms with Gasteiger partial charge in [0.1, 0.15) is 18.0 Å². The molecule has 2 aliphatic rings. The molecule has 1 aromatic heterocycles. The van der Waals surface area contributed by atoms with E-state index in [1.54, 1.807) is 0 Å². The van der Waals surface area contributed by atoms with E-state index < -0.39 is 11.6 Å². The third-order valence-electron chi connectivity index (χ3n) is 6.20. The number of fused-ring (bicyclic) bond motifs is 2. The molecule has 0 radical (unpaired) electrons. The zero-order chi connectivity index (χ0) is 25.5. The van der Waals surface area contributed by atoms with Crippen molar-refractivity contribution in [3.05, 3.63) is 41.6 Å². The Morgan fingerprint density at radius 2 is 1.79 bits per heavy atom. The Bertz CT molecular complexity index is 930. The summed E-state index contributed by atoms with van der Waals surface area (Å²) in [5, 5.41) is 26.9. The normalized spacial score (nSPS) is 21.4. The summed E-state index contributed by atoms with van der Waals surface area (Å²) in [5.41, 5.74) is 2.62. The van der Waals surface area contributed by atoms with Gasteiger partial charge in [-0.25, -0.2) is 0 Å². The first-order valence-electron chi connectivity index (χ1n) is 12.9. The van der Waals surface area contributed by atoms with E-state index in [-0.39, 0.29) is 11.6 Å². The Kier molecular flexibility index (Phi) is 10.2. The van der Waals surface area contributed by atoms with Gasteiger partial charge in [-0.3, -0.25) is 0 Å². The molecule has 1 aromatic carbocycles. The van der Waals surface area contributed by atoms with Gasteiger partial charge >= 0.3 is 0 Å². The molecule has 0 spiro atoms. The summed E-state index contributed by atoms with van der Waals surface area (Å²) in [6.07, 6.45) is 7.43. The van der Waals surface area contributed by atoms with Gasteiger partial charge in [-0.1, -0.05) is 46.6 Å². The Morgan fingerprint density at radius 1 is 1.15 bits per heavy atom. The summed E-state index contributed by atoms with van der Waals surface area (Å²) >= 11 is 0. The van der Waals surface area contributed by atoms with Crippen LogP contribution in [0.1, 0.15) is 80.2 Å². The van der Waals surface area contributed by atoms with E-state index in [2.05, 4.69) is 56.2 Å². The first-order valence-corrected chi connectivity index (χ1v) is 12.9. The number of rotatable bonds is 5.